The minimum Gasteiger partial charge on any atom is -0.354 e. The largest absolute Gasteiger partial charge is 0.354 e. The smallest absolute Gasteiger partial charge is 0.253 e. The first-order valence-electron chi connectivity index (χ1n) is 8.14. The highest BCUT2D eigenvalue weighted by Gasteiger charge is 2.26. The van der Waals surface area contributed by atoms with E-state index in [4.69, 9.17) is 0 Å². The molecule has 7 heteroatoms. The van der Waals surface area contributed by atoms with E-state index in [1.54, 1.807) is 12.4 Å². The Labute approximate surface area is 144 Å². The molecule has 7 nitrogen and oxygen atoms in total. The van der Waals surface area contributed by atoms with Gasteiger partial charge in [0.25, 0.3) is 5.91 Å². The second-order valence-electron chi connectivity index (χ2n) is 6.03. The summed E-state index contributed by atoms with van der Waals surface area (Å²) in [5.74, 6) is -0.455. The molecule has 1 aliphatic rings. The van der Waals surface area contributed by atoms with E-state index in [1.807, 2.05) is 34.9 Å². The third-order valence-corrected chi connectivity index (χ3v) is 4.27. The molecule has 2 aromatic heterocycles. The fourth-order valence-electron chi connectivity index (χ4n) is 2.94. The number of hydrogen-bond acceptors (Lipinski definition) is 4. The van der Waals surface area contributed by atoms with E-state index >= 15 is 0 Å². The van der Waals surface area contributed by atoms with Crippen LogP contribution in [-0.2, 0) is 11.3 Å². The molecule has 0 saturated carbocycles. The van der Waals surface area contributed by atoms with Crippen molar-refractivity contribution >= 4 is 23.0 Å². The molecule has 1 fully saturated rings. The Hall–Kier alpha value is -3.22. The number of benzene rings is 1. The Morgan fingerprint density at radius 2 is 2.12 bits per heavy atom. The number of fused-ring (bicyclic) bond motifs is 1. The van der Waals surface area contributed by atoms with Crippen molar-refractivity contribution in [2.24, 2.45) is 0 Å². The average Bonchev–Trinajstić information content (AvgIpc) is 3.22. The van der Waals surface area contributed by atoms with Gasteiger partial charge in [0, 0.05) is 12.7 Å². The molecule has 0 aliphatic carbocycles. The summed E-state index contributed by atoms with van der Waals surface area (Å²) in [6.45, 7) is 1.25. The molecule has 126 valence electrons. The molecule has 1 atom stereocenters. The topological polar surface area (TPSA) is 88.9 Å². The summed E-state index contributed by atoms with van der Waals surface area (Å²) in [7, 11) is 0. The lowest BCUT2D eigenvalue weighted by molar-refractivity contribution is -0.120. The van der Waals surface area contributed by atoms with Gasteiger partial charge in [0.05, 0.1) is 18.4 Å². The zero-order chi connectivity index (χ0) is 17.2. The van der Waals surface area contributed by atoms with Crippen molar-refractivity contribution in [3.63, 3.8) is 0 Å². The van der Waals surface area contributed by atoms with E-state index in [2.05, 4.69) is 20.6 Å². The minimum atomic E-state index is -0.473. The molecule has 1 aliphatic heterocycles. The molecule has 1 unspecified atom stereocenters. The number of carbonyl (C=O) groups excluding carboxylic acids is 2. The maximum absolute atomic E-state index is 12.3. The predicted molar refractivity (Wildman–Crippen MR) is 92.0 cm³/mol. The van der Waals surface area contributed by atoms with Gasteiger partial charge >= 0.3 is 0 Å². The molecular weight excluding hydrogens is 318 g/mol. The number of pyridine rings is 1. The monoisotopic (exact) mass is 335 g/mol. The van der Waals surface area contributed by atoms with Gasteiger partial charge in [0.15, 0.2) is 5.65 Å². The SMILES string of the molecule is O=C(NC1CCNC1=O)c1cnc2c(c1)ncn2Cc1ccccc1. The van der Waals surface area contributed by atoms with Gasteiger partial charge in [-0.25, -0.2) is 9.97 Å². The van der Waals surface area contributed by atoms with Crippen molar-refractivity contribution in [3.8, 4) is 0 Å². The number of aromatic nitrogens is 3. The third kappa shape index (κ3) is 3.08. The van der Waals surface area contributed by atoms with Crippen LogP contribution in [-0.4, -0.2) is 38.9 Å². The van der Waals surface area contributed by atoms with Crippen LogP contribution >= 0.6 is 0 Å². The Morgan fingerprint density at radius 3 is 2.88 bits per heavy atom. The first kappa shape index (κ1) is 15.3. The second-order valence-corrected chi connectivity index (χ2v) is 6.03. The maximum atomic E-state index is 12.3. The third-order valence-electron chi connectivity index (χ3n) is 4.27. The summed E-state index contributed by atoms with van der Waals surface area (Å²) in [6, 6.07) is 11.3. The van der Waals surface area contributed by atoms with Gasteiger partial charge in [-0.05, 0) is 18.1 Å². The Bertz CT molecular complexity index is 935. The van der Waals surface area contributed by atoms with E-state index in [0.29, 0.717) is 30.6 Å². The van der Waals surface area contributed by atoms with E-state index < -0.39 is 6.04 Å². The van der Waals surface area contributed by atoms with Crippen LogP contribution < -0.4 is 10.6 Å². The quantitative estimate of drug-likeness (QED) is 0.747. The molecule has 1 aromatic carbocycles. The summed E-state index contributed by atoms with van der Waals surface area (Å²) < 4.78 is 1.94. The van der Waals surface area contributed by atoms with Crippen LogP contribution in [0, 0.1) is 0 Å². The highest BCUT2D eigenvalue weighted by Crippen LogP contribution is 2.14. The molecule has 0 radical (unpaired) electrons. The van der Waals surface area contributed by atoms with Crippen molar-refractivity contribution < 1.29 is 9.59 Å². The lowest BCUT2D eigenvalue weighted by Crippen LogP contribution is -2.40. The fraction of sp³-hybridized carbons (Fsp3) is 0.222. The summed E-state index contributed by atoms with van der Waals surface area (Å²) in [4.78, 5) is 32.6. The van der Waals surface area contributed by atoms with Crippen LogP contribution in [0.1, 0.15) is 22.3 Å². The van der Waals surface area contributed by atoms with Crippen LogP contribution in [0.3, 0.4) is 0 Å². The number of imidazole rings is 1. The molecule has 3 heterocycles. The van der Waals surface area contributed by atoms with E-state index in [0.717, 1.165) is 11.2 Å². The normalized spacial score (nSPS) is 16.8. The van der Waals surface area contributed by atoms with Gasteiger partial charge < -0.3 is 15.2 Å². The molecule has 0 bridgehead atoms. The molecule has 1 saturated heterocycles. The summed E-state index contributed by atoms with van der Waals surface area (Å²) >= 11 is 0. The standard InChI is InChI=1S/C18H17N5O2/c24-17(22-14-6-7-19-18(14)25)13-8-15-16(20-9-13)23(11-21-15)10-12-4-2-1-3-5-12/h1-5,8-9,11,14H,6-7,10H2,(H,19,25)(H,22,24). The minimum absolute atomic E-state index is 0.144. The first-order chi connectivity index (χ1) is 12.2. The number of hydrogen-bond donors (Lipinski definition) is 2. The summed E-state index contributed by atoms with van der Waals surface area (Å²) in [5.41, 5.74) is 2.92. The molecule has 0 spiro atoms. The number of rotatable bonds is 4. The summed E-state index contributed by atoms with van der Waals surface area (Å²) in [5, 5.41) is 5.43. The zero-order valence-corrected chi connectivity index (χ0v) is 13.5. The Morgan fingerprint density at radius 1 is 1.28 bits per heavy atom. The molecule has 2 N–H and O–H groups in total. The van der Waals surface area contributed by atoms with Crippen LogP contribution in [0.2, 0.25) is 0 Å². The van der Waals surface area contributed by atoms with Crippen LogP contribution in [0.4, 0.5) is 0 Å². The van der Waals surface area contributed by atoms with Gasteiger partial charge in [0.1, 0.15) is 11.6 Å². The van der Waals surface area contributed by atoms with Gasteiger partial charge in [-0.1, -0.05) is 30.3 Å². The molecule has 3 aromatic rings. The van der Waals surface area contributed by atoms with Crippen LogP contribution in [0.5, 0.6) is 0 Å². The number of amides is 2. The maximum Gasteiger partial charge on any atom is 0.253 e. The van der Waals surface area contributed by atoms with E-state index in [-0.39, 0.29) is 11.8 Å². The Balaban J connectivity index is 1.55. The lowest BCUT2D eigenvalue weighted by Gasteiger charge is -2.09. The van der Waals surface area contributed by atoms with Crippen LogP contribution in [0.25, 0.3) is 11.2 Å². The van der Waals surface area contributed by atoms with Gasteiger partial charge in [-0.2, -0.15) is 0 Å². The number of nitrogens with zero attached hydrogens (tertiary/aromatic N) is 3. The van der Waals surface area contributed by atoms with E-state index in [1.165, 1.54) is 6.20 Å². The van der Waals surface area contributed by atoms with Crippen molar-refractivity contribution in [2.45, 2.75) is 19.0 Å². The van der Waals surface area contributed by atoms with Crippen molar-refractivity contribution in [1.82, 2.24) is 25.2 Å². The second kappa shape index (κ2) is 6.35. The zero-order valence-electron chi connectivity index (χ0n) is 13.5. The lowest BCUT2D eigenvalue weighted by atomic mass is 10.2. The Kier molecular flexibility index (Phi) is 3.89. The molecular formula is C18H17N5O2. The van der Waals surface area contributed by atoms with Crippen molar-refractivity contribution in [2.75, 3.05) is 6.54 Å². The average molecular weight is 335 g/mol. The summed E-state index contributed by atoms with van der Waals surface area (Å²) in [6.07, 6.45) is 3.84. The fourth-order valence-corrected chi connectivity index (χ4v) is 2.94. The molecule has 2 amide bonds. The molecule has 4 rings (SSSR count). The predicted octanol–water partition coefficient (Wildman–Crippen LogP) is 1.10. The van der Waals surface area contributed by atoms with Crippen LogP contribution in [0.15, 0.2) is 48.9 Å². The van der Waals surface area contributed by atoms with Crippen molar-refractivity contribution in [1.29, 1.82) is 0 Å². The van der Waals surface area contributed by atoms with Gasteiger partial charge in [-0.15, -0.1) is 0 Å². The highest BCUT2D eigenvalue weighted by molar-refractivity contribution is 5.99. The van der Waals surface area contributed by atoms with Gasteiger partial charge in [-0.3, -0.25) is 9.59 Å². The highest BCUT2D eigenvalue weighted by atomic mass is 16.2. The van der Waals surface area contributed by atoms with Crippen molar-refractivity contribution in [3.05, 3.63) is 60.0 Å². The number of nitrogens with one attached hydrogen (secondary N) is 2. The number of carbonyl (C=O) groups is 2. The first-order valence-corrected chi connectivity index (χ1v) is 8.14. The molecule has 25 heavy (non-hydrogen) atoms. The van der Waals surface area contributed by atoms with E-state index in [9.17, 15) is 9.59 Å². The van der Waals surface area contributed by atoms with Gasteiger partial charge in [0.2, 0.25) is 5.91 Å².